The fourth-order valence-corrected chi connectivity index (χ4v) is 2.25. The second-order valence-corrected chi connectivity index (χ2v) is 4.67. The van der Waals surface area contributed by atoms with Crippen molar-refractivity contribution in [3.63, 3.8) is 0 Å². The van der Waals surface area contributed by atoms with Crippen LogP contribution >= 0.6 is 11.8 Å². The predicted molar refractivity (Wildman–Crippen MR) is 72.5 cm³/mol. The van der Waals surface area contributed by atoms with Crippen molar-refractivity contribution in [1.82, 2.24) is 15.4 Å². The Labute approximate surface area is 113 Å². The number of amides is 1. The number of carbonyl (C=O) groups is 1. The molecule has 0 bridgehead atoms. The minimum absolute atomic E-state index is 0.186. The van der Waals surface area contributed by atoms with Gasteiger partial charge in [-0.1, -0.05) is 23.9 Å². The maximum atomic E-state index is 11.4. The lowest BCUT2D eigenvalue weighted by molar-refractivity contribution is 0.0953. The highest BCUT2D eigenvalue weighted by atomic mass is 32.2. The number of hydrogen-bond acceptors (Lipinski definition) is 5. The smallest absolute Gasteiger partial charge is 0.265 e. The van der Waals surface area contributed by atoms with Gasteiger partial charge >= 0.3 is 0 Å². The molecule has 6 nitrogen and oxygen atoms in total. The van der Waals surface area contributed by atoms with Crippen molar-refractivity contribution in [2.45, 2.75) is 10.9 Å². The molecule has 1 aromatic heterocycles. The van der Waals surface area contributed by atoms with E-state index >= 15 is 0 Å². The van der Waals surface area contributed by atoms with Gasteiger partial charge in [0.1, 0.15) is 0 Å². The van der Waals surface area contributed by atoms with E-state index in [2.05, 4.69) is 15.4 Å². The summed E-state index contributed by atoms with van der Waals surface area (Å²) in [4.78, 5) is 29.1. The molecular weight excluding hydrogens is 264 g/mol. The molecule has 19 heavy (non-hydrogen) atoms. The Hall–Kier alpha value is -2.12. The van der Waals surface area contributed by atoms with Crippen LogP contribution in [0.5, 0.6) is 0 Å². The zero-order valence-corrected chi connectivity index (χ0v) is 10.7. The molecule has 1 amide bonds. The average molecular weight is 276 g/mol. The van der Waals surface area contributed by atoms with E-state index in [4.69, 9.17) is 5.84 Å². The van der Waals surface area contributed by atoms with Crippen LogP contribution in [0.1, 0.15) is 15.9 Å². The number of aromatic amines is 1. The Morgan fingerprint density at radius 3 is 3.00 bits per heavy atom. The number of aromatic nitrogens is 2. The monoisotopic (exact) mass is 276 g/mol. The maximum absolute atomic E-state index is 11.4. The van der Waals surface area contributed by atoms with E-state index in [1.807, 2.05) is 6.07 Å². The molecule has 0 atom stereocenters. The van der Waals surface area contributed by atoms with Crippen molar-refractivity contribution in [3.8, 4) is 0 Å². The third-order valence-corrected chi connectivity index (χ3v) is 3.30. The van der Waals surface area contributed by atoms with Crippen LogP contribution in [-0.2, 0) is 5.75 Å². The number of H-pyrrole nitrogens is 1. The van der Waals surface area contributed by atoms with E-state index in [-0.39, 0.29) is 11.5 Å². The number of nitrogens with zero attached hydrogens (tertiary/aromatic N) is 1. The number of thioether (sulfide) groups is 1. The van der Waals surface area contributed by atoms with E-state index in [0.717, 1.165) is 5.56 Å². The molecule has 0 saturated heterocycles. The second-order valence-electron chi connectivity index (χ2n) is 3.70. The normalized spacial score (nSPS) is 10.2. The van der Waals surface area contributed by atoms with Crippen LogP contribution in [0.3, 0.4) is 0 Å². The maximum Gasteiger partial charge on any atom is 0.265 e. The first kappa shape index (κ1) is 13.3. The summed E-state index contributed by atoms with van der Waals surface area (Å²) in [6.45, 7) is 0. The molecule has 2 aromatic rings. The Bertz CT molecular complexity index is 641. The fourth-order valence-electron chi connectivity index (χ4n) is 1.46. The van der Waals surface area contributed by atoms with Crippen LogP contribution in [0.2, 0.25) is 0 Å². The molecule has 2 rings (SSSR count). The third-order valence-electron chi connectivity index (χ3n) is 2.34. The van der Waals surface area contributed by atoms with Crippen LogP contribution in [0.25, 0.3) is 0 Å². The standard InChI is InChI=1S/C12H12N4O2S/c13-16-11(18)9-3-1-2-8(6-9)7-19-12-14-5-4-10(17)15-12/h1-6H,7,13H2,(H,16,18)(H,14,15,17). The minimum atomic E-state index is -0.335. The number of nitrogens with two attached hydrogens (primary N) is 1. The Balaban J connectivity index is 2.07. The van der Waals surface area contributed by atoms with E-state index in [1.54, 1.807) is 18.2 Å². The van der Waals surface area contributed by atoms with Gasteiger partial charge in [-0.3, -0.25) is 15.0 Å². The number of benzene rings is 1. The van der Waals surface area contributed by atoms with Gasteiger partial charge in [-0.25, -0.2) is 10.8 Å². The zero-order valence-electron chi connectivity index (χ0n) is 9.92. The number of nitrogens with one attached hydrogen (secondary N) is 2. The van der Waals surface area contributed by atoms with Crippen LogP contribution < -0.4 is 16.8 Å². The first-order chi connectivity index (χ1) is 9.19. The second kappa shape index (κ2) is 6.17. The Morgan fingerprint density at radius 2 is 2.26 bits per heavy atom. The predicted octanol–water partition coefficient (Wildman–Crippen LogP) is 0.666. The molecule has 0 radical (unpaired) electrons. The van der Waals surface area contributed by atoms with Gasteiger partial charge in [0.25, 0.3) is 11.5 Å². The minimum Gasteiger partial charge on any atom is -0.301 e. The lowest BCUT2D eigenvalue weighted by Gasteiger charge is -2.04. The van der Waals surface area contributed by atoms with Crippen molar-refractivity contribution in [2.24, 2.45) is 5.84 Å². The summed E-state index contributed by atoms with van der Waals surface area (Å²) in [6, 6.07) is 8.45. The Kier molecular flexibility index (Phi) is 4.32. The summed E-state index contributed by atoms with van der Waals surface area (Å²) >= 11 is 1.39. The number of hydrogen-bond donors (Lipinski definition) is 3. The van der Waals surface area contributed by atoms with Crippen molar-refractivity contribution in [1.29, 1.82) is 0 Å². The largest absolute Gasteiger partial charge is 0.301 e. The van der Waals surface area contributed by atoms with Crippen LogP contribution in [0.4, 0.5) is 0 Å². The van der Waals surface area contributed by atoms with Crippen LogP contribution in [0, 0.1) is 0 Å². The van der Waals surface area contributed by atoms with Gasteiger partial charge in [-0.05, 0) is 17.7 Å². The fraction of sp³-hybridized carbons (Fsp3) is 0.0833. The summed E-state index contributed by atoms with van der Waals surface area (Å²) in [6.07, 6.45) is 1.46. The molecule has 0 saturated carbocycles. The van der Waals surface area contributed by atoms with Crippen LogP contribution in [0.15, 0.2) is 46.5 Å². The van der Waals surface area contributed by atoms with E-state index < -0.39 is 0 Å². The highest BCUT2D eigenvalue weighted by Gasteiger charge is 2.04. The molecule has 0 aliphatic rings. The van der Waals surface area contributed by atoms with Crippen LogP contribution in [-0.4, -0.2) is 15.9 Å². The Morgan fingerprint density at radius 1 is 1.42 bits per heavy atom. The van der Waals surface area contributed by atoms with Gasteiger partial charge in [-0.2, -0.15) is 0 Å². The lowest BCUT2D eigenvalue weighted by Crippen LogP contribution is -2.29. The molecule has 7 heteroatoms. The highest BCUT2D eigenvalue weighted by molar-refractivity contribution is 7.98. The zero-order chi connectivity index (χ0) is 13.7. The summed E-state index contributed by atoms with van der Waals surface area (Å²) < 4.78 is 0. The summed E-state index contributed by atoms with van der Waals surface area (Å²) in [7, 11) is 0. The van der Waals surface area contributed by atoms with Gasteiger partial charge in [-0.15, -0.1) is 0 Å². The quantitative estimate of drug-likeness (QED) is 0.250. The highest BCUT2D eigenvalue weighted by Crippen LogP contribution is 2.18. The number of carbonyl (C=O) groups excluding carboxylic acids is 1. The molecule has 4 N–H and O–H groups in total. The molecule has 1 heterocycles. The summed E-state index contributed by atoms with van der Waals surface area (Å²) in [5.41, 5.74) is 3.34. The molecule has 0 aliphatic heterocycles. The topological polar surface area (TPSA) is 101 Å². The summed E-state index contributed by atoms with van der Waals surface area (Å²) in [5.74, 6) is 5.34. The molecular formula is C12H12N4O2S. The van der Waals surface area contributed by atoms with Crippen molar-refractivity contribution in [3.05, 3.63) is 58.0 Å². The van der Waals surface area contributed by atoms with E-state index in [1.165, 1.54) is 24.0 Å². The van der Waals surface area contributed by atoms with Gasteiger partial charge in [0.2, 0.25) is 0 Å². The third kappa shape index (κ3) is 3.67. The first-order valence-corrected chi connectivity index (χ1v) is 6.45. The van der Waals surface area contributed by atoms with Gasteiger partial charge < -0.3 is 4.98 Å². The number of hydrazine groups is 1. The summed E-state index contributed by atoms with van der Waals surface area (Å²) in [5, 5.41) is 0.543. The van der Waals surface area contributed by atoms with E-state index in [9.17, 15) is 9.59 Å². The lowest BCUT2D eigenvalue weighted by atomic mass is 10.1. The van der Waals surface area contributed by atoms with Gasteiger partial charge in [0, 0.05) is 23.6 Å². The molecule has 0 unspecified atom stereocenters. The SMILES string of the molecule is NNC(=O)c1cccc(CSc2nccc(=O)[nH]2)c1. The molecule has 0 aliphatic carbocycles. The molecule has 1 aromatic carbocycles. The van der Waals surface area contributed by atoms with Crippen molar-refractivity contribution < 1.29 is 4.79 Å². The molecule has 0 fully saturated rings. The first-order valence-electron chi connectivity index (χ1n) is 5.47. The van der Waals surface area contributed by atoms with Crippen molar-refractivity contribution in [2.75, 3.05) is 0 Å². The number of nitrogen functional groups attached to an aromatic ring is 1. The van der Waals surface area contributed by atoms with E-state index in [0.29, 0.717) is 16.5 Å². The van der Waals surface area contributed by atoms with Gasteiger partial charge in [0.15, 0.2) is 5.16 Å². The molecule has 0 spiro atoms. The number of rotatable bonds is 4. The molecule has 98 valence electrons. The van der Waals surface area contributed by atoms with Crippen molar-refractivity contribution >= 4 is 17.7 Å². The van der Waals surface area contributed by atoms with Gasteiger partial charge in [0.05, 0.1) is 0 Å². The average Bonchev–Trinajstić information content (AvgIpc) is 2.45.